The van der Waals surface area contributed by atoms with Gasteiger partial charge >= 0.3 is 5.97 Å². The molecule has 5 nitrogen and oxygen atoms in total. The number of hydrogen-bond acceptors (Lipinski definition) is 4. The first-order chi connectivity index (χ1) is 7.86. The lowest BCUT2D eigenvalue weighted by molar-refractivity contribution is -0.149. The first kappa shape index (κ1) is 14.0. The summed E-state index contributed by atoms with van der Waals surface area (Å²) in [6.45, 7) is 3.43. The molecule has 1 saturated heterocycles. The Bertz CT molecular complexity index is 344. The molecule has 1 heterocycles. The van der Waals surface area contributed by atoms with E-state index in [2.05, 4.69) is 12.6 Å². The largest absolute Gasteiger partial charge is 0.480 e. The number of thiol groups is 1. The molecular formula is C11H17NO4S. The van der Waals surface area contributed by atoms with Crippen molar-refractivity contribution in [1.82, 2.24) is 4.90 Å². The molecule has 6 heteroatoms. The number of nitrogens with zero attached hydrogens (tertiary/aromatic N) is 1. The van der Waals surface area contributed by atoms with Crippen molar-refractivity contribution in [2.24, 2.45) is 5.92 Å². The Morgan fingerprint density at radius 3 is 2.47 bits per heavy atom. The Balaban J connectivity index is 2.75. The smallest absolute Gasteiger partial charge is 0.326 e. The first-order valence-corrected chi connectivity index (χ1v) is 6.09. The zero-order valence-electron chi connectivity index (χ0n) is 9.92. The number of rotatable bonds is 4. The lowest BCUT2D eigenvalue weighted by atomic mass is 10.0. The van der Waals surface area contributed by atoms with Crippen LogP contribution in [0.15, 0.2) is 0 Å². The van der Waals surface area contributed by atoms with E-state index in [9.17, 15) is 14.4 Å². The summed E-state index contributed by atoms with van der Waals surface area (Å²) in [6.07, 6.45) is 1.16. The molecule has 0 bridgehead atoms. The number of aliphatic carboxylic acids is 1. The van der Waals surface area contributed by atoms with Crippen molar-refractivity contribution in [3.63, 3.8) is 0 Å². The quantitative estimate of drug-likeness (QED) is 0.724. The topological polar surface area (TPSA) is 74.7 Å². The van der Waals surface area contributed by atoms with E-state index in [0.29, 0.717) is 19.4 Å². The number of Topliss-reactive ketones (excluding diaryl/α,β-unsaturated/α-hetero) is 1. The summed E-state index contributed by atoms with van der Waals surface area (Å²) in [5, 5.41) is 8.31. The molecule has 0 aromatic carbocycles. The Labute approximate surface area is 106 Å². The van der Waals surface area contributed by atoms with E-state index in [-0.39, 0.29) is 11.7 Å². The highest BCUT2D eigenvalue weighted by molar-refractivity contribution is 7.81. The summed E-state index contributed by atoms with van der Waals surface area (Å²) >= 11 is 4.09. The van der Waals surface area contributed by atoms with E-state index in [0.717, 1.165) is 0 Å². The van der Waals surface area contributed by atoms with Crippen molar-refractivity contribution in [2.75, 3.05) is 6.54 Å². The van der Waals surface area contributed by atoms with Gasteiger partial charge in [-0.05, 0) is 19.8 Å². The highest BCUT2D eigenvalue weighted by atomic mass is 32.1. The zero-order valence-corrected chi connectivity index (χ0v) is 10.8. The minimum atomic E-state index is -0.985. The van der Waals surface area contributed by atoms with Gasteiger partial charge in [-0.3, -0.25) is 9.59 Å². The van der Waals surface area contributed by atoms with Crippen LogP contribution in [0.25, 0.3) is 0 Å². The van der Waals surface area contributed by atoms with Gasteiger partial charge in [0.25, 0.3) is 0 Å². The first-order valence-electron chi connectivity index (χ1n) is 5.58. The van der Waals surface area contributed by atoms with Gasteiger partial charge in [-0.25, -0.2) is 4.79 Å². The highest BCUT2D eigenvalue weighted by Gasteiger charge is 2.38. The van der Waals surface area contributed by atoms with Crippen LogP contribution < -0.4 is 0 Å². The Kier molecular flexibility index (Phi) is 4.56. The van der Waals surface area contributed by atoms with Crippen LogP contribution in [0.2, 0.25) is 0 Å². The fraction of sp³-hybridized carbons (Fsp3) is 0.727. The highest BCUT2D eigenvalue weighted by Crippen LogP contribution is 2.22. The van der Waals surface area contributed by atoms with E-state index in [4.69, 9.17) is 5.11 Å². The van der Waals surface area contributed by atoms with Gasteiger partial charge in [0.2, 0.25) is 5.91 Å². The van der Waals surface area contributed by atoms with Gasteiger partial charge in [0.1, 0.15) is 11.8 Å². The molecular weight excluding hydrogens is 242 g/mol. The average Bonchev–Trinajstić information content (AvgIpc) is 2.74. The Morgan fingerprint density at radius 2 is 2.00 bits per heavy atom. The molecule has 1 N–H and O–H groups in total. The number of likely N-dealkylation sites (tertiary alicyclic amines) is 1. The molecule has 17 heavy (non-hydrogen) atoms. The molecule has 96 valence electrons. The van der Waals surface area contributed by atoms with Gasteiger partial charge < -0.3 is 10.0 Å². The summed E-state index contributed by atoms with van der Waals surface area (Å²) in [6, 6.07) is -0.752. The van der Waals surface area contributed by atoms with Crippen LogP contribution in [0.3, 0.4) is 0 Å². The molecule has 0 spiro atoms. The van der Waals surface area contributed by atoms with Crippen LogP contribution in [-0.2, 0) is 14.4 Å². The van der Waals surface area contributed by atoms with Crippen LogP contribution in [0.5, 0.6) is 0 Å². The van der Waals surface area contributed by atoms with Gasteiger partial charge in [-0.1, -0.05) is 6.92 Å². The van der Waals surface area contributed by atoms with Gasteiger partial charge in [0.05, 0.1) is 11.2 Å². The van der Waals surface area contributed by atoms with E-state index < -0.39 is 23.2 Å². The molecule has 0 aromatic rings. The molecule has 1 rings (SSSR count). The lowest BCUT2D eigenvalue weighted by Crippen LogP contribution is -2.45. The second-order valence-corrected chi connectivity index (χ2v) is 4.93. The minimum Gasteiger partial charge on any atom is -0.480 e. The van der Waals surface area contributed by atoms with Crippen LogP contribution in [0.1, 0.15) is 26.7 Å². The number of amides is 1. The molecule has 1 fully saturated rings. The van der Waals surface area contributed by atoms with Crippen molar-refractivity contribution in [3.8, 4) is 0 Å². The molecule has 0 aromatic heterocycles. The van der Waals surface area contributed by atoms with E-state index in [1.54, 1.807) is 6.92 Å². The van der Waals surface area contributed by atoms with Crippen LogP contribution >= 0.6 is 12.6 Å². The summed E-state index contributed by atoms with van der Waals surface area (Å²) in [5.41, 5.74) is 0. The predicted molar refractivity (Wildman–Crippen MR) is 65.0 cm³/mol. The fourth-order valence-corrected chi connectivity index (χ4v) is 2.16. The number of carboxylic acid groups (broad SMARTS) is 1. The van der Waals surface area contributed by atoms with Crippen molar-refractivity contribution >= 4 is 30.3 Å². The number of hydrogen-bond donors (Lipinski definition) is 2. The van der Waals surface area contributed by atoms with Gasteiger partial charge in [-0.15, -0.1) is 0 Å². The third-order valence-electron chi connectivity index (χ3n) is 3.10. The maximum atomic E-state index is 12.1. The van der Waals surface area contributed by atoms with Crippen LogP contribution in [0, 0.1) is 5.92 Å². The molecule has 0 aliphatic carbocycles. The summed E-state index contributed by atoms with van der Waals surface area (Å²) in [7, 11) is 0. The predicted octanol–water partition coefficient (Wildman–Crippen LogP) is 0.585. The third kappa shape index (κ3) is 3.00. The van der Waals surface area contributed by atoms with E-state index >= 15 is 0 Å². The lowest BCUT2D eigenvalue weighted by Gasteiger charge is -2.26. The van der Waals surface area contributed by atoms with Crippen molar-refractivity contribution < 1.29 is 19.5 Å². The van der Waals surface area contributed by atoms with E-state index in [1.807, 2.05) is 0 Å². The monoisotopic (exact) mass is 259 g/mol. The average molecular weight is 259 g/mol. The molecule has 0 radical (unpaired) electrons. The third-order valence-corrected chi connectivity index (χ3v) is 3.91. The maximum Gasteiger partial charge on any atom is 0.326 e. The zero-order chi connectivity index (χ0) is 13.2. The Hall–Kier alpha value is -1.04. The van der Waals surface area contributed by atoms with Gasteiger partial charge in [0, 0.05) is 6.54 Å². The van der Waals surface area contributed by atoms with E-state index in [1.165, 1.54) is 11.8 Å². The summed E-state index contributed by atoms with van der Waals surface area (Å²) in [5.74, 6) is -2.05. The SMILES string of the molecule is CC(=O)C(S)C(C)C(=O)N1CCC[C@@H]1C(=O)O. The molecule has 0 saturated carbocycles. The summed E-state index contributed by atoms with van der Waals surface area (Å²) < 4.78 is 0. The second kappa shape index (κ2) is 5.53. The molecule has 2 unspecified atom stereocenters. The summed E-state index contributed by atoms with van der Waals surface area (Å²) in [4.78, 5) is 35.5. The van der Waals surface area contributed by atoms with Gasteiger partial charge in [-0.2, -0.15) is 12.6 Å². The van der Waals surface area contributed by atoms with Crippen molar-refractivity contribution in [3.05, 3.63) is 0 Å². The Morgan fingerprint density at radius 1 is 1.41 bits per heavy atom. The van der Waals surface area contributed by atoms with Crippen LogP contribution in [0.4, 0.5) is 0 Å². The van der Waals surface area contributed by atoms with Gasteiger partial charge in [0.15, 0.2) is 0 Å². The second-order valence-electron chi connectivity index (χ2n) is 4.37. The number of carboxylic acids is 1. The fourth-order valence-electron chi connectivity index (χ4n) is 2.04. The standard InChI is InChI=1S/C11H17NO4S/c1-6(9(17)7(2)13)10(14)12-5-3-4-8(12)11(15)16/h6,8-9,17H,3-5H2,1-2H3,(H,15,16)/t6?,8-,9?/m1/s1. The number of carbonyl (C=O) groups excluding carboxylic acids is 2. The molecule has 1 aliphatic rings. The molecule has 1 aliphatic heterocycles. The molecule has 1 amide bonds. The van der Waals surface area contributed by atoms with Crippen molar-refractivity contribution in [2.45, 2.75) is 38.0 Å². The normalized spacial score (nSPS) is 23.2. The number of ketones is 1. The van der Waals surface area contributed by atoms with Crippen molar-refractivity contribution in [1.29, 1.82) is 0 Å². The maximum absolute atomic E-state index is 12.1. The molecule has 3 atom stereocenters. The number of carbonyl (C=O) groups is 3. The minimum absolute atomic E-state index is 0.180. The van der Waals surface area contributed by atoms with Crippen LogP contribution in [-0.4, -0.2) is 45.5 Å².